The quantitative estimate of drug-likeness (QED) is 0.829. The van der Waals surface area contributed by atoms with Gasteiger partial charge in [0.15, 0.2) is 5.69 Å². The maximum Gasteiger partial charge on any atom is 0.434 e. The van der Waals surface area contributed by atoms with Crippen molar-refractivity contribution in [2.24, 2.45) is 7.05 Å². The highest BCUT2D eigenvalue weighted by Gasteiger charge is 2.34. The second-order valence-electron chi connectivity index (χ2n) is 5.21. The Morgan fingerprint density at radius 2 is 2.17 bits per heavy atom. The molecule has 0 radical (unpaired) electrons. The van der Waals surface area contributed by atoms with Gasteiger partial charge in [-0.2, -0.15) is 18.3 Å². The first-order valence-electron chi connectivity index (χ1n) is 7.25. The highest BCUT2D eigenvalue weighted by atomic mass is 32.1. The van der Waals surface area contributed by atoms with Gasteiger partial charge in [-0.1, -0.05) is 6.92 Å². The molecule has 6 nitrogen and oxygen atoms in total. The summed E-state index contributed by atoms with van der Waals surface area (Å²) in [7, 11) is 3.36. The van der Waals surface area contributed by atoms with Gasteiger partial charge < -0.3 is 10.6 Å². The number of aromatic nitrogens is 3. The first-order chi connectivity index (χ1) is 11.3. The predicted octanol–water partition coefficient (Wildman–Crippen LogP) is 2.42. The number of rotatable bonds is 6. The van der Waals surface area contributed by atoms with Crippen LogP contribution in [0.1, 0.15) is 41.7 Å². The Kier molecular flexibility index (Phi) is 5.60. The minimum atomic E-state index is -4.49. The second kappa shape index (κ2) is 7.31. The van der Waals surface area contributed by atoms with Gasteiger partial charge in [-0.25, -0.2) is 4.98 Å². The van der Waals surface area contributed by atoms with Gasteiger partial charge in [0.25, 0.3) is 0 Å². The summed E-state index contributed by atoms with van der Waals surface area (Å²) in [6.07, 6.45) is -0.792. The maximum atomic E-state index is 12.7. The van der Waals surface area contributed by atoms with Crippen molar-refractivity contribution in [3.8, 4) is 0 Å². The Labute approximate surface area is 141 Å². The number of aryl methyl sites for hydroxylation is 1. The molecule has 0 saturated carbocycles. The Bertz CT molecular complexity index is 697. The molecule has 0 aliphatic carbocycles. The van der Waals surface area contributed by atoms with Crippen molar-refractivity contribution in [1.29, 1.82) is 0 Å². The molecule has 2 rings (SSSR count). The van der Waals surface area contributed by atoms with Crippen LogP contribution in [0.2, 0.25) is 0 Å². The summed E-state index contributed by atoms with van der Waals surface area (Å²) in [5.41, 5.74) is -0.268. The number of likely N-dealkylation sites (N-methyl/N-ethyl adjacent to an activating group) is 1. The van der Waals surface area contributed by atoms with E-state index >= 15 is 0 Å². The van der Waals surface area contributed by atoms with Crippen LogP contribution in [0.25, 0.3) is 0 Å². The van der Waals surface area contributed by atoms with Crippen LogP contribution >= 0.6 is 11.3 Å². The molecule has 0 aromatic carbocycles. The smallest absolute Gasteiger partial charge is 0.345 e. The third-order valence-corrected chi connectivity index (χ3v) is 4.40. The molecule has 0 aliphatic rings. The summed E-state index contributed by atoms with van der Waals surface area (Å²) < 4.78 is 39.6. The molecule has 2 aromatic rings. The number of thiazole rings is 1. The van der Waals surface area contributed by atoms with Crippen LogP contribution in [-0.2, 0) is 18.0 Å². The molecule has 132 valence electrons. The van der Waals surface area contributed by atoms with Crippen LogP contribution in [0.15, 0.2) is 17.8 Å². The molecular weight excluding hydrogens is 343 g/mol. The highest BCUT2D eigenvalue weighted by molar-refractivity contribution is 7.09. The second-order valence-corrected chi connectivity index (χ2v) is 6.10. The molecule has 2 N–H and O–H groups in total. The minimum Gasteiger partial charge on any atom is -0.345 e. The molecule has 0 bridgehead atoms. The van der Waals surface area contributed by atoms with Crippen molar-refractivity contribution in [1.82, 2.24) is 25.4 Å². The lowest BCUT2D eigenvalue weighted by Crippen LogP contribution is -2.38. The zero-order valence-electron chi connectivity index (χ0n) is 13.4. The highest BCUT2D eigenvalue weighted by Crippen LogP contribution is 2.32. The molecule has 2 unspecified atom stereocenters. The Hall–Kier alpha value is -1.94. The minimum absolute atomic E-state index is 0.235. The van der Waals surface area contributed by atoms with E-state index in [-0.39, 0.29) is 10.9 Å². The molecule has 0 fully saturated rings. The van der Waals surface area contributed by atoms with Gasteiger partial charge >= 0.3 is 6.18 Å². The lowest BCUT2D eigenvalue weighted by Gasteiger charge is -2.19. The van der Waals surface area contributed by atoms with Crippen molar-refractivity contribution in [2.45, 2.75) is 31.6 Å². The number of hydrogen-bond donors (Lipinski definition) is 2. The number of nitrogens with one attached hydrogen (secondary N) is 2. The number of halogens is 3. The van der Waals surface area contributed by atoms with Crippen LogP contribution in [0.5, 0.6) is 0 Å². The molecule has 0 spiro atoms. The van der Waals surface area contributed by atoms with Crippen LogP contribution in [0, 0.1) is 0 Å². The molecular formula is C14H18F3N5OS. The summed E-state index contributed by atoms with van der Waals surface area (Å²) in [5, 5.41) is 10.8. The standard InChI is InChI=1S/C14H18F3N5OS/c1-4-9(13-21-10(7-24-13)14(15,16)17)20-12(23)11(18-2)8-5-19-22(3)6-8/h5-7,9,11,18H,4H2,1-3H3,(H,20,23). The Morgan fingerprint density at radius 3 is 2.62 bits per heavy atom. The van der Waals surface area contributed by atoms with Gasteiger partial charge in [0.05, 0.1) is 12.2 Å². The molecule has 2 aromatic heterocycles. The number of nitrogens with zero attached hydrogens (tertiary/aromatic N) is 3. The monoisotopic (exact) mass is 361 g/mol. The van der Waals surface area contributed by atoms with E-state index in [1.165, 1.54) is 0 Å². The van der Waals surface area contributed by atoms with E-state index < -0.39 is 24.0 Å². The van der Waals surface area contributed by atoms with Gasteiger partial charge in [-0.3, -0.25) is 9.48 Å². The third kappa shape index (κ3) is 4.12. The van der Waals surface area contributed by atoms with E-state index in [0.29, 0.717) is 12.0 Å². The lowest BCUT2D eigenvalue weighted by molar-refractivity contribution is -0.140. The van der Waals surface area contributed by atoms with E-state index in [4.69, 9.17) is 0 Å². The SMILES string of the molecule is CCC(NC(=O)C(NC)c1cnn(C)c1)c1nc(C(F)(F)F)cs1. The van der Waals surface area contributed by atoms with E-state index in [9.17, 15) is 18.0 Å². The predicted molar refractivity (Wildman–Crippen MR) is 83.3 cm³/mol. The van der Waals surface area contributed by atoms with Crippen LogP contribution < -0.4 is 10.6 Å². The number of alkyl halides is 3. The first-order valence-corrected chi connectivity index (χ1v) is 8.13. The van der Waals surface area contributed by atoms with E-state index in [2.05, 4.69) is 20.7 Å². The van der Waals surface area contributed by atoms with Crippen molar-refractivity contribution < 1.29 is 18.0 Å². The number of carbonyl (C=O) groups is 1. The average molecular weight is 361 g/mol. The van der Waals surface area contributed by atoms with Gasteiger partial charge in [0.2, 0.25) is 5.91 Å². The largest absolute Gasteiger partial charge is 0.434 e. The fourth-order valence-corrected chi connectivity index (χ4v) is 3.17. The summed E-state index contributed by atoms with van der Waals surface area (Å²) in [6.45, 7) is 1.78. The van der Waals surface area contributed by atoms with Crippen LogP contribution in [0.4, 0.5) is 13.2 Å². The zero-order chi connectivity index (χ0) is 17.9. The molecule has 2 heterocycles. The molecule has 1 amide bonds. The summed E-state index contributed by atoms with van der Waals surface area (Å²) in [4.78, 5) is 16.1. The van der Waals surface area contributed by atoms with Gasteiger partial charge in [0.1, 0.15) is 11.0 Å². The van der Waals surface area contributed by atoms with Crippen molar-refractivity contribution in [2.75, 3.05) is 7.05 Å². The Morgan fingerprint density at radius 1 is 1.46 bits per heavy atom. The van der Waals surface area contributed by atoms with Gasteiger partial charge in [-0.05, 0) is 13.5 Å². The molecule has 0 saturated heterocycles. The summed E-state index contributed by atoms with van der Waals surface area (Å²) in [6, 6.07) is -1.22. The van der Waals surface area contributed by atoms with E-state index in [1.54, 1.807) is 38.1 Å². The molecule has 10 heteroatoms. The number of amides is 1. The van der Waals surface area contributed by atoms with Crippen molar-refractivity contribution >= 4 is 17.2 Å². The molecule has 0 aliphatic heterocycles. The van der Waals surface area contributed by atoms with Crippen molar-refractivity contribution in [3.05, 3.63) is 34.0 Å². The third-order valence-electron chi connectivity index (χ3n) is 3.44. The molecule has 24 heavy (non-hydrogen) atoms. The van der Waals surface area contributed by atoms with Crippen molar-refractivity contribution in [3.63, 3.8) is 0 Å². The normalized spacial score (nSPS) is 14.4. The van der Waals surface area contributed by atoms with E-state index in [1.807, 2.05) is 0 Å². The summed E-state index contributed by atoms with van der Waals surface area (Å²) in [5.74, 6) is -0.346. The lowest BCUT2D eigenvalue weighted by atomic mass is 10.1. The Balaban J connectivity index is 2.14. The zero-order valence-corrected chi connectivity index (χ0v) is 14.2. The topological polar surface area (TPSA) is 71.8 Å². The number of hydrogen-bond acceptors (Lipinski definition) is 5. The average Bonchev–Trinajstić information content (AvgIpc) is 3.14. The first kappa shape index (κ1) is 18.4. The fraction of sp³-hybridized carbons (Fsp3) is 0.500. The van der Waals surface area contributed by atoms with Gasteiger partial charge in [-0.15, -0.1) is 11.3 Å². The fourth-order valence-electron chi connectivity index (χ4n) is 2.21. The van der Waals surface area contributed by atoms with Crippen LogP contribution in [0.3, 0.4) is 0 Å². The number of carbonyl (C=O) groups excluding carboxylic acids is 1. The molecule has 2 atom stereocenters. The summed E-state index contributed by atoms with van der Waals surface area (Å²) >= 11 is 0.888. The maximum absolute atomic E-state index is 12.7. The van der Waals surface area contributed by atoms with Crippen LogP contribution in [-0.4, -0.2) is 27.7 Å². The van der Waals surface area contributed by atoms with Gasteiger partial charge in [0, 0.05) is 24.2 Å². The van der Waals surface area contributed by atoms with E-state index in [0.717, 1.165) is 16.7 Å².